The molecule has 3 aliphatic rings. The van der Waals surface area contributed by atoms with Crippen molar-refractivity contribution in [3.8, 4) is 0 Å². The van der Waals surface area contributed by atoms with E-state index >= 15 is 0 Å². The molecule has 1 saturated carbocycles. The van der Waals surface area contributed by atoms with E-state index < -0.39 is 10.0 Å². The number of sulfonamides is 1. The van der Waals surface area contributed by atoms with E-state index in [1.54, 1.807) is 12.1 Å². The minimum absolute atomic E-state index is 0.0195. The highest BCUT2D eigenvalue weighted by Crippen LogP contribution is 2.31. The summed E-state index contributed by atoms with van der Waals surface area (Å²) < 4.78 is 27.1. The molecule has 0 radical (unpaired) electrons. The van der Waals surface area contributed by atoms with Crippen molar-refractivity contribution in [2.45, 2.75) is 56.0 Å². The molecule has 7 nitrogen and oxygen atoms in total. The van der Waals surface area contributed by atoms with Gasteiger partial charge in [-0.3, -0.25) is 0 Å². The first-order chi connectivity index (χ1) is 13.9. The molecule has 1 atom stereocenters. The van der Waals surface area contributed by atoms with Gasteiger partial charge in [0.1, 0.15) is 0 Å². The Morgan fingerprint density at radius 2 is 1.72 bits per heavy atom. The summed E-state index contributed by atoms with van der Waals surface area (Å²) in [7, 11) is -3.46. The van der Waals surface area contributed by atoms with Gasteiger partial charge in [-0.05, 0) is 63.6 Å². The zero-order valence-corrected chi connectivity index (χ0v) is 18.0. The molecule has 1 aromatic rings. The average Bonchev–Trinajstić information content (AvgIpc) is 3.45. The monoisotopic (exact) mass is 420 g/mol. The summed E-state index contributed by atoms with van der Waals surface area (Å²) in [5.41, 5.74) is 1.04. The molecule has 2 N–H and O–H groups in total. The molecule has 2 saturated heterocycles. The first-order valence-corrected chi connectivity index (χ1v) is 12.2. The van der Waals surface area contributed by atoms with Crippen molar-refractivity contribution in [1.82, 2.24) is 19.8 Å². The summed E-state index contributed by atoms with van der Waals surface area (Å²) in [6.07, 6.45) is 5.10. The van der Waals surface area contributed by atoms with Crippen LogP contribution in [0.5, 0.6) is 0 Å². The first-order valence-electron chi connectivity index (χ1n) is 10.8. The van der Waals surface area contributed by atoms with Crippen LogP contribution in [0.2, 0.25) is 0 Å². The van der Waals surface area contributed by atoms with Gasteiger partial charge >= 0.3 is 6.03 Å². The van der Waals surface area contributed by atoms with Crippen LogP contribution in [0.1, 0.15) is 37.7 Å². The van der Waals surface area contributed by atoms with Crippen LogP contribution in [-0.2, 0) is 10.0 Å². The largest absolute Gasteiger partial charge is 0.338 e. The maximum Gasteiger partial charge on any atom is 0.315 e. The second-order valence-electron chi connectivity index (χ2n) is 8.73. The van der Waals surface area contributed by atoms with Crippen LogP contribution in [0.25, 0.3) is 0 Å². The highest BCUT2D eigenvalue weighted by atomic mass is 32.2. The molecule has 0 bridgehead atoms. The van der Waals surface area contributed by atoms with Crippen molar-refractivity contribution < 1.29 is 13.2 Å². The Hall–Kier alpha value is -1.64. The number of carbonyl (C=O) groups is 1. The van der Waals surface area contributed by atoms with Crippen LogP contribution in [-0.4, -0.2) is 68.5 Å². The number of nitrogens with zero attached hydrogens (tertiary/aromatic N) is 2. The summed E-state index contributed by atoms with van der Waals surface area (Å²) in [5, 5.41) is 6.04. The van der Waals surface area contributed by atoms with Crippen molar-refractivity contribution in [2.24, 2.45) is 5.92 Å². The van der Waals surface area contributed by atoms with Gasteiger partial charge in [-0.1, -0.05) is 17.7 Å². The second-order valence-corrected chi connectivity index (χ2v) is 10.7. The molecule has 160 valence electrons. The standard InChI is InChI=1S/C21H32N4O3S/c1-16-2-6-20(7-3-16)29(27,28)25-12-9-18(10-13-25)23-21(26)22-14-17-8-11-24(15-17)19-4-5-19/h2-3,6-7,17-19H,4-5,8-15H2,1H3,(H2,22,23,26). The predicted octanol–water partition coefficient (Wildman–Crippen LogP) is 1.93. The topological polar surface area (TPSA) is 81.8 Å². The van der Waals surface area contributed by atoms with Gasteiger partial charge in [0.2, 0.25) is 10.0 Å². The quantitative estimate of drug-likeness (QED) is 0.737. The summed E-state index contributed by atoms with van der Waals surface area (Å²) in [6.45, 7) is 5.77. The lowest BCUT2D eigenvalue weighted by molar-refractivity contribution is 0.225. The lowest BCUT2D eigenvalue weighted by Gasteiger charge is -2.31. The molecule has 0 spiro atoms. The molecule has 1 aromatic carbocycles. The number of hydrogen-bond acceptors (Lipinski definition) is 4. The van der Waals surface area contributed by atoms with Crippen molar-refractivity contribution >= 4 is 16.1 Å². The van der Waals surface area contributed by atoms with Gasteiger partial charge in [0, 0.05) is 38.3 Å². The number of likely N-dealkylation sites (tertiary alicyclic amines) is 1. The number of piperidine rings is 1. The third-order valence-electron chi connectivity index (χ3n) is 6.38. The van der Waals surface area contributed by atoms with Gasteiger partial charge in [-0.15, -0.1) is 0 Å². The Balaban J connectivity index is 1.19. The van der Waals surface area contributed by atoms with Crippen LogP contribution in [0.3, 0.4) is 0 Å². The zero-order chi connectivity index (χ0) is 20.4. The van der Waals surface area contributed by atoms with Crippen LogP contribution in [0.4, 0.5) is 4.79 Å². The van der Waals surface area contributed by atoms with Crippen LogP contribution in [0.15, 0.2) is 29.2 Å². The molecular weight excluding hydrogens is 388 g/mol. The molecule has 2 aliphatic heterocycles. The number of hydrogen-bond donors (Lipinski definition) is 2. The fourth-order valence-electron chi connectivity index (χ4n) is 4.37. The number of amides is 2. The number of rotatable bonds is 6. The average molecular weight is 421 g/mol. The lowest BCUT2D eigenvalue weighted by atomic mass is 10.1. The van der Waals surface area contributed by atoms with Crippen LogP contribution < -0.4 is 10.6 Å². The fourth-order valence-corrected chi connectivity index (χ4v) is 5.84. The maximum absolute atomic E-state index is 12.8. The summed E-state index contributed by atoms with van der Waals surface area (Å²) >= 11 is 0. The van der Waals surface area contributed by atoms with Crippen molar-refractivity contribution in [3.63, 3.8) is 0 Å². The molecule has 0 aromatic heterocycles. The smallest absolute Gasteiger partial charge is 0.315 e. The van der Waals surface area contributed by atoms with Crippen LogP contribution >= 0.6 is 0 Å². The first kappa shape index (κ1) is 20.6. The molecular formula is C21H32N4O3S. The second kappa shape index (κ2) is 8.62. The van der Waals surface area contributed by atoms with Gasteiger partial charge in [0.05, 0.1) is 4.90 Å². The van der Waals surface area contributed by atoms with Crippen molar-refractivity contribution in [1.29, 1.82) is 0 Å². The van der Waals surface area contributed by atoms with E-state index in [9.17, 15) is 13.2 Å². The minimum atomic E-state index is -3.46. The van der Waals surface area contributed by atoms with E-state index in [2.05, 4.69) is 15.5 Å². The SMILES string of the molecule is Cc1ccc(S(=O)(=O)N2CCC(NC(=O)NCC3CCN(C4CC4)C3)CC2)cc1. The third-order valence-corrected chi connectivity index (χ3v) is 8.29. The highest BCUT2D eigenvalue weighted by molar-refractivity contribution is 7.89. The molecule has 2 heterocycles. The Bertz CT molecular complexity index is 815. The molecule has 8 heteroatoms. The third kappa shape index (κ3) is 5.10. The number of nitrogens with one attached hydrogen (secondary N) is 2. The summed E-state index contributed by atoms with van der Waals surface area (Å²) in [6, 6.07) is 7.65. The number of aryl methyl sites for hydroxylation is 1. The van der Waals surface area contributed by atoms with Crippen molar-refractivity contribution in [2.75, 3.05) is 32.7 Å². The maximum atomic E-state index is 12.8. The van der Waals surface area contributed by atoms with E-state index in [1.165, 1.54) is 17.1 Å². The summed E-state index contributed by atoms with van der Waals surface area (Å²) in [5.74, 6) is 0.544. The van der Waals surface area contributed by atoms with E-state index in [-0.39, 0.29) is 12.1 Å². The number of benzene rings is 1. The van der Waals surface area contributed by atoms with E-state index in [0.29, 0.717) is 36.7 Å². The van der Waals surface area contributed by atoms with Gasteiger partial charge in [-0.2, -0.15) is 4.31 Å². The molecule has 4 rings (SSSR count). The highest BCUT2D eigenvalue weighted by Gasteiger charge is 2.34. The fraction of sp³-hybridized carbons (Fsp3) is 0.667. The Morgan fingerprint density at radius 1 is 1.03 bits per heavy atom. The zero-order valence-electron chi connectivity index (χ0n) is 17.1. The van der Waals surface area contributed by atoms with Gasteiger partial charge in [0.25, 0.3) is 0 Å². The molecule has 2 amide bonds. The van der Waals surface area contributed by atoms with E-state index in [1.807, 2.05) is 19.1 Å². The predicted molar refractivity (Wildman–Crippen MR) is 112 cm³/mol. The van der Waals surface area contributed by atoms with Crippen LogP contribution in [0, 0.1) is 12.8 Å². The lowest BCUT2D eigenvalue weighted by Crippen LogP contribution is -2.49. The molecule has 29 heavy (non-hydrogen) atoms. The molecule has 1 unspecified atom stereocenters. The molecule has 1 aliphatic carbocycles. The Kier molecular flexibility index (Phi) is 6.13. The Morgan fingerprint density at radius 3 is 2.38 bits per heavy atom. The van der Waals surface area contributed by atoms with Gasteiger partial charge in [-0.25, -0.2) is 13.2 Å². The minimum Gasteiger partial charge on any atom is -0.338 e. The van der Waals surface area contributed by atoms with Gasteiger partial charge < -0.3 is 15.5 Å². The van der Waals surface area contributed by atoms with E-state index in [0.717, 1.165) is 37.7 Å². The van der Waals surface area contributed by atoms with Gasteiger partial charge in [0.15, 0.2) is 0 Å². The van der Waals surface area contributed by atoms with E-state index in [4.69, 9.17) is 0 Å². The number of carbonyl (C=O) groups excluding carboxylic acids is 1. The normalized spacial score (nSPS) is 24.5. The number of urea groups is 1. The molecule has 3 fully saturated rings. The van der Waals surface area contributed by atoms with Crippen molar-refractivity contribution in [3.05, 3.63) is 29.8 Å². The Labute approximate surface area is 173 Å². The summed E-state index contributed by atoms with van der Waals surface area (Å²) in [4.78, 5) is 15.1.